The molecular formula is C13H14N2OS. The van der Waals surface area contributed by atoms with Crippen LogP contribution in [0.2, 0.25) is 0 Å². The summed E-state index contributed by atoms with van der Waals surface area (Å²) in [5, 5.41) is 2.63. The predicted molar refractivity (Wildman–Crippen MR) is 71.4 cm³/mol. The summed E-state index contributed by atoms with van der Waals surface area (Å²) in [6.45, 7) is 3.59. The van der Waals surface area contributed by atoms with Crippen LogP contribution in [0.25, 0.3) is 0 Å². The van der Waals surface area contributed by atoms with Gasteiger partial charge in [-0.3, -0.25) is 4.79 Å². The number of Topliss-reactive ketones (excluding diaryl/α,β-unsaturated/α-hetero) is 1. The van der Waals surface area contributed by atoms with E-state index < -0.39 is 0 Å². The molecule has 4 heteroatoms. The molecule has 1 heterocycles. The van der Waals surface area contributed by atoms with Gasteiger partial charge in [-0.2, -0.15) is 0 Å². The summed E-state index contributed by atoms with van der Waals surface area (Å²) < 4.78 is 0. The number of aryl methyl sites for hydroxylation is 1. The highest BCUT2D eigenvalue weighted by molar-refractivity contribution is 7.14. The van der Waals surface area contributed by atoms with E-state index in [-0.39, 0.29) is 5.78 Å². The molecule has 0 aliphatic carbocycles. The van der Waals surface area contributed by atoms with Crippen molar-refractivity contribution in [3.05, 3.63) is 40.9 Å². The smallest absolute Gasteiger partial charge is 0.190 e. The number of benzene rings is 1. The zero-order chi connectivity index (χ0) is 12.4. The number of aromatic nitrogens is 1. The summed E-state index contributed by atoms with van der Waals surface area (Å²) >= 11 is 1.48. The van der Waals surface area contributed by atoms with E-state index in [9.17, 15) is 4.79 Å². The number of hydrogen-bond acceptors (Lipinski definition) is 4. The Kier molecular flexibility index (Phi) is 3.24. The molecule has 0 aliphatic heterocycles. The van der Waals surface area contributed by atoms with Crippen LogP contribution in [0.15, 0.2) is 29.6 Å². The number of rotatable bonds is 3. The van der Waals surface area contributed by atoms with Crippen LogP contribution in [-0.4, -0.2) is 17.8 Å². The number of ketones is 1. The van der Waals surface area contributed by atoms with Gasteiger partial charge in [-0.05, 0) is 24.6 Å². The maximum absolute atomic E-state index is 11.2. The van der Waals surface area contributed by atoms with Crippen molar-refractivity contribution >= 4 is 27.9 Å². The molecule has 0 aliphatic rings. The molecule has 1 aromatic heterocycles. The molecule has 0 N–H and O–H groups in total. The minimum atomic E-state index is 0.00476. The van der Waals surface area contributed by atoms with Crippen LogP contribution >= 0.6 is 11.3 Å². The molecule has 88 valence electrons. The lowest BCUT2D eigenvalue weighted by molar-refractivity contribution is 0.101. The number of hydrogen-bond donors (Lipinski definition) is 0. The molecule has 0 unspecified atom stereocenters. The molecule has 0 saturated heterocycles. The van der Waals surface area contributed by atoms with Gasteiger partial charge in [0.1, 0.15) is 5.69 Å². The molecule has 0 atom stereocenters. The van der Waals surface area contributed by atoms with Crippen LogP contribution in [0, 0.1) is 6.92 Å². The average Bonchev–Trinajstić information content (AvgIpc) is 2.77. The zero-order valence-electron chi connectivity index (χ0n) is 10.1. The molecule has 17 heavy (non-hydrogen) atoms. The Hall–Kier alpha value is -1.68. The molecular weight excluding hydrogens is 232 g/mol. The van der Waals surface area contributed by atoms with Crippen LogP contribution in [0.1, 0.15) is 23.0 Å². The highest BCUT2D eigenvalue weighted by atomic mass is 32.1. The molecule has 2 aromatic rings. The first-order valence-electron chi connectivity index (χ1n) is 5.35. The van der Waals surface area contributed by atoms with Crippen molar-refractivity contribution in [2.45, 2.75) is 13.8 Å². The number of carbonyl (C=O) groups is 1. The summed E-state index contributed by atoms with van der Waals surface area (Å²) in [6, 6.07) is 8.19. The van der Waals surface area contributed by atoms with Gasteiger partial charge in [0.05, 0.1) is 0 Å². The highest BCUT2D eigenvalue weighted by Crippen LogP contribution is 2.27. The number of thiazole rings is 1. The minimum Gasteiger partial charge on any atom is -0.321 e. The second-order valence-electron chi connectivity index (χ2n) is 3.97. The first kappa shape index (κ1) is 11.8. The monoisotopic (exact) mass is 246 g/mol. The molecule has 2 rings (SSSR count). The van der Waals surface area contributed by atoms with Crippen molar-refractivity contribution in [3.8, 4) is 0 Å². The normalized spacial score (nSPS) is 10.3. The quantitative estimate of drug-likeness (QED) is 0.778. The molecule has 0 bridgehead atoms. The van der Waals surface area contributed by atoms with E-state index >= 15 is 0 Å². The standard InChI is InChI=1S/C13H14N2OS/c1-9-5-4-6-11(7-9)15(3)13-14-12(8-17-13)10(2)16/h4-8H,1-3H3. The van der Waals surface area contributed by atoms with E-state index in [1.807, 2.05) is 24.1 Å². The van der Waals surface area contributed by atoms with E-state index in [1.165, 1.54) is 23.8 Å². The molecule has 0 fully saturated rings. The summed E-state index contributed by atoms with van der Waals surface area (Å²) in [5.74, 6) is 0.00476. The van der Waals surface area contributed by atoms with Gasteiger partial charge in [-0.15, -0.1) is 11.3 Å². The van der Waals surface area contributed by atoms with Crippen molar-refractivity contribution in [1.82, 2.24) is 4.98 Å². The maximum Gasteiger partial charge on any atom is 0.190 e. The fourth-order valence-electron chi connectivity index (χ4n) is 1.53. The Labute approximate surface area is 105 Å². The lowest BCUT2D eigenvalue weighted by Crippen LogP contribution is -2.09. The lowest BCUT2D eigenvalue weighted by Gasteiger charge is -2.16. The van der Waals surface area contributed by atoms with Gasteiger partial charge in [0.25, 0.3) is 0 Å². The summed E-state index contributed by atoms with van der Waals surface area (Å²) in [4.78, 5) is 17.5. The van der Waals surface area contributed by atoms with Gasteiger partial charge in [0, 0.05) is 25.0 Å². The van der Waals surface area contributed by atoms with E-state index in [0.717, 1.165) is 10.8 Å². The molecule has 0 radical (unpaired) electrons. The van der Waals surface area contributed by atoms with Crippen LogP contribution in [-0.2, 0) is 0 Å². The van der Waals surface area contributed by atoms with Gasteiger partial charge < -0.3 is 4.90 Å². The van der Waals surface area contributed by atoms with Crippen molar-refractivity contribution in [1.29, 1.82) is 0 Å². The van der Waals surface area contributed by atoms with E-state index in [4.69, 9.17) is 0 Å². The van der Waals surface area contributed by atoms with Crippen LogP contribution < -0.4 is 4.90 Å². The van der Waals surface area contributed by atoms with Crippen molar-refractivity contribution in [2.75, 3.05) is 11.9 Å². The summed E-state index contributed by atoms with van der Waals surface area (Å²) in [7, 11) is 1.96. The van der Waals surface area contributed by atoms with E-state index in [1.54, 1.807) is 5.38 Å². The summed E-state index contributed by atoms with van der Waals surface area (Å²) in [5.41, 5.74) is 2.82. The third kappa shape index (κ3) is 2.53. The number of carbonyl (C=O) groups excluding carboxylic acids is 1. The van der Waals surface area contributed by atoms with Crippen molar-refractivity contribution < 1.29 is 4.79 Å². The predicted octanol–water partition coefficient (Wildman–Crippen LogP) is 3.42. The van der Waals surface area contributed by atoms with Gasteiger partial charge in [0.15, 0.2) is 10.9 Å². The van der Waals surface area contributed by atoms with Crippen LogP contribution in [0.4, 0.5) is 10.8 Å². The SMILES string of the molecule is CC(=O)c1csc(N(C)c2cccc(C)c2)n1. The topological polar surface area (TPSA) is 33.2 Å². The Morgan fingerprint density at radius 1 is 1.41 bits per heavy atom. The summed E-state index contributed by atoms with van der Waals surface area (Å²) in [6.07, 6.45) is 0. The second-order valence-corrected chi connectivity index (χ2v) is 4.81. The van der Waals surface area contributed by atoms with Gasteiger partial charge >= 0.3 is 0 Å². The lowest BCUT2D eigenvalue weighted by atomic mass is 10.2. The Bertz CT molecular complexity index is 548. The fourth-order valence-corrected chi connectivity index (χ4v) is 2.38. The van der Waals surface area contributed by atoms with Crippen molar-refractivity contribution in [2.24, 2.45) is 0 Å². The average molecular weight is 246 g/mol. The first-order valence-corrected chi connectivity index (χ1v) is 6.23. The van der Waals surface area contributed by atoms with E-state index in [2.05, 4.69) is 24.0 Å². The van der Waals surface area contributed by atoms with Crippen LogP contribution in [0.5, 0.6) is 0 Å². The third-order valence-electron chi connectivity index (χ3n) is 2.53. The van der Waals surface area contributed by atoms with Gasteiger partial charge in [-0.25, -0.2) is 4.98 Å². The minimum absolute atomic E-state index is 0.00476. The molecule has 3 nitrogen and oxygen atoms in total. The van der Waals surface area contributed by atoms with Crippen molar-refractivity contribution in [3.63, 3.8) is 0 Å². The number of anilines is 2. The Morgan fingerprint density at radius 3 is 2.76 bits per heavy atom. The number of nitrogens with zero attached hydrogens (tertiary/aromatic N) is 2. The van der Waals surface area contributed by atoms with Gasteiger partial charge in [0.2, 0.25) is 0 Å². The molecule has 0 saturated carbocycles. The van der Waals surface area contributed by atoms with Gasteiger partial charge in [-0.1, -0.05) is 12.1 Å². The molecule has 1 aromatic carbocycles. The van der Waals surface area contributed by atoms with E-state index in [0.29, 0.717) is 5.69 Å². The fraction of sp³-hybridized carbons (Fsp3) is 0.231. The van der Waals surface area contributed by atoms with Crippen LogP contribution in [0.3, 0.4) is 0 Å². The first-order chi connectivity index (χ1) is 8.08. The Morgan fingerprint density at radius 2 is 2.18 bits per heavy atom. The largest absolute Gasteiger partial charge is 0.321 e. The molecule has 0 spiro atoms. The second kappa shape index (κ2) is 4.67. The third-order valence-corrected chi connectivity index (χ3v) is 3.45. The Balaban J connectivity index is 2.30. The highest BCUT2D eigenvalue weighted by Gasteiger charge is 2.11. The molecule has 0 amide bonds. The zero-order valence-corrected chi connectivity index (χ0v) is 10.9. The maximum atomic E-state index is 11.2.